The third kappa shape index (κ3) is 4.24. The highest BCUT2D eigenvalue weighted by atomic mass is 32.2. The number of hydrazine groups is 1. The molecule has 0 aliphatic heterocycles. The lowest BCUT2D eigenvalue weighted by atomic mass is 10.4. The summed E-state index contributed by atoms with van der Waals surface area (Å²) in [6, 6.07) is 0. The van der Waals surface area contributed by atoms with Crippen molar-refractivity contribution in [3.8, 4) is 0 Å². The van der Waals surface area contributed by atoms with Crippen molar-refractivity contribution in [2.45, 2.75) is 0 Å². The summed E-state index contributed by atoms with van der Waals surface area (Å²) in [5.74, 6) is 4.71. The highest BCUT2D eigenvalue weighted by Crippen LogP contribution is 1.98. The summed E-state index contributed by atoms with van der Waals surface area (Å²) in [6.07, 6.45) is 2.52. The molecule has 1 rings (SSSR count). The Kier molecular flexibility index (Phi) is 4.95. The van der Waals surface area contributed by atoms with Crippen LogP contribution in [-0.4, -0.2) is 43.6 Å². The number of nitrogens with two attached hydrogens (primary N) is 1. The number of anilines is 1. The van der Waals surface area contributed by atoms with Crippen LogP contribution < -0.4 is 21.3 Å². The van der Waals surface area contributed by atoms with Gasteiger partial charge in [-0.3, -0.25) is 4.79 Å². The Balaban J connectivity index is 2.50. The lowest BCUT2D eigenvalue weighted by Gasteiger charge is -2.05. The second kappa shape index (κ2) is 6.23. The van der Waals surface area contributed by atoms with Gasteiger partial charge in [-0.15, -0.1) is 0 Å². The van der Waals surface area contributed by atoms with Gasteiger partial charge in [-0.1, -0.05) is 0 Å². The van der Waals surface area contributed by atoms with Crippen LogP contribution in [0.5, 0.6) is 0 Å². The molecule has 1 amide bonds. The molecule has 100 valence electrons. The summed E-state index contributed by atoms with van der Waals surface area (Å²) in [5, 5.41) is 2.41. The first-order valence-electron chi connectivity index (χ1n) is 4.96. The van der Waals surface area contributed by atoms with E-state index in [1.807, 2.05) is 0 Å². The standard InChI is InChI=1S/C8H14N6O3S/c1-10-18(16,17)3-2-11-8(15)6-4-13-7(14-9)5-12-6/h4-5,10H,2-3,9H2,1H3,(H,11,15)(H,13,14). The van der Waals surface area contributed by atoms with Gasteiger partial charge in [-0.25, -0.2) is 29.0 Å². The van der Waals surface area contributed by atoms with E-state index >= 15 is 0 Å². The fraction of sp³-hybridized carbons (Fsp3) is 0.375. The van der Waals surface area contributed by atoms with Crippen LogP contribution in [0.4, 0.5) is 5.82 Å². The number of carbonyl (C=O) groups is 1. The SMILES string of the molecule is CNS(=O)(=O)CCNC(=O)c1cnc(NN)cn1. The van der Waals surface area contributed by atoms with E-state index in [1.165, 1.54) is 19.4 Å². The van der Waals surface area contributed by atoms with Crippen molar-refractivity contribution < 1.29 is 13.2 Å². The van der Waals surface area contributed by atoms with Crippen LogP contribution in [0.3, 0.4) is 0 Å². The Labute approximate surface area is 104 Å². The van der Waals surface area contributed by atoms with Crippen LogP contribution >= 0.6 is 0 Å². The molecule has 0 bridgehead atoms. The molecule has 0 saturated heterocycles. The summed E-state index contributed by atoms with van der Waals surface area (Å²) in [7, 11) is -2.03. The molecule has 1 heterocycles. The Bertz CT molecular complexity index is 500. The van der Waals surface area contributed by atoms with Gasteiger partial charge in [0, 0.05) is 6.54 Å². The zero-order chi connectivity index (χ0) is 13.6. The number of aromatic nitrogens is 2. The number of amides is 1. The first-order valence-corrected chi connectivity index (χ1v) is 6.62. The molecule has 0 saturated carbocycles. The number of carbonyl (C=O) groups excluding carboxylic acids is 1. The molecule has 0 unspecified atom stereocenters. The van der Waals surface area contributed by atoms with Gasteiger partial charge in [0.15, 0.2) is 5.82 Å². The highest BCUT2D eigenvalue weighted by molar-refractivity contribution is 7.89. The van der Waals surface area contributed by atoms with Crippen LogP contribution in [0, 0.1) is 0 Å². The maximum atomic E-state index is 11.5. The molecular weight excluding hydrogens is 260 g/mol. The average molecular weight is 274 g/mol. The molecule has 9 nitrogen and oxygen atoms in total. The second-order valence-electron chi connectivity index (χ2n) is 3.21. The minimum atomic E-state index is -3.34. The number of nitrogens with zero attached hydrogens (tertiary/aromatic N) is 2. The fourth-order valence-electron chi connectivity index (χ4n) is 1.01. The molecule has 18 heavy (non-hydrogen) atoms. The minimum Gasteiger partial charge on any atom is -0.350 e. The summed E-state index contributed by atoms with van der Waals surface area (Å²) in [5.41, 5.74) is 2.35. The molecule has 0 spiro atoms. The third-order valence-electron chi connectivity index (χ3n) is 2.00. The molecule has 0 aliphatic carbocycles. The highest BCUT2D eigenvalue weighted by Gasteiger charge is 2.10. The first-order chi connectivity index (χ1) is 8.48. The topological polar surface area (TPSA) is 139 Å². The zero-order valence-corrected chi connectivity index (χ0v) is 10.5. The van der Waals surface area contributed by atoms with Crippen molar-refractivity contribution in [3.63, 3.8) is 0 Å². The van der Waals surface area contributed by atoms with Crippen molar-refractivity contribution in [3.05, 3.63) is 18.1 Å². The van der Waals surface area contributed by atoms with Crippen LogP contribution in [0.25, 0.3) is 0 Å². The van der Waals surface area contributed by atoms with Crippen molar-refractivity contribution in [2.24, 2.45) is 5.84 Å². The van der Waals surface area contributed by atoms with Gasteiger partial charge in [-0.2, -0.15) is 0 Å². The third-order valence-corrected chi connectivity index (χ3v) is 3.36. The molecule has 5 N–H and O–H groups in total. The van der Waals surface area contributed by atoms with E-state index < -0.39 is 15.9 Å². The Morgan fingerprint density at radius 3 is 2.61 bits per heavy atom. The van der Waals surface area contributed by atoms with Crippen LogP contribution in [0.1, 0.15) is 10.5 Å². The van der Waals surface area contributed by atoms with Crippen LogP contribution in [-0.2, 0) is 10.0 Å². The fourth-order valence-corrected chi connectivity index (χ4v) is 1.59. The van der Waals surface area contributed by atoms with Gasteiger partial charge < -0.3 is 10.7 Å². The summed E-state index contributed by atoms with van der Waals surface area (Å²) >= 11 is 0. The van der Waals surface area contributed by atoms with Gasteiger partial charge in [0.2, 0.25) is 10.0 Å². The van der Waals surface area contributed by atoms with Crippen molar-refractivity contribution in [2.75, 3.05) is 24.8 Å². The molecular formula is C8H14N6O3S. The molecule has 0 atom stereocenters. The number of nitrogen functional groups attached to an aromatic ring is 1. The van der Waals surface area contributed by atoms with Crippen molar-refractivity contribution >= 4 is 21.7 Å². The lowest BCUT2D eigenvalue weighted by Crippen LogP contribution is -2.33. The van der Waals surface area contributed by atoms with E-state index in [0.29, 0.717) is 5.82 Å². The van der Waals surface area contributed by atoms with Crippen molar-refractivity contribution in [1.82, 2.24) is 20.0 Å². The quantitative estimate of drug-likeness (QED) is 0.349. The zero-order valence-electron chi connectivity index (χ0n) is 9.67. The average Bonchev–Trinajstić information content (AvgIpc) is 2.38. The summed E-state index contributed by atoms with van der Waals surface area (Å²) < 4.78 is 24.3. The van der Waals surface area contributed by atoms with Gasteiger partial charge in [0.05, 0.1) is 18.1 Å². The Morgan fingerprint density at radius 1 is 1.39 bits per heavy atom. The molecule has 10 heteroatoms. The second-order valence-corrected chi connectivity index (χ2v) is 5.26. The molecule has 0 aliphatic rings. The number of nitrogens with one attached hydrogen (secondary N) is 3. The van der Waals surface area contributed by atoms with Gasteiger partial charge >= 0.3 is 0 Å². The van der Waals surface area contributed by atoms with E-state index in [1.54, 1.807) is 0 Å². The van der Waals surface area contributed by atoms with Crippen LogP contribution in [0.2, 0.25) is 0 Å². The van der Waals surface area contributed by atoms with Crippen LogP contribution in [0.15, 0.2) is 12.4 Å². The number of hydrogen-bond donors (Lipinski definition) is 4. The largest absolute Gasteiger partial charge is 0.350 e. The predicted molar refractivity (Wildman–Crippen MR) is 65.0 cm³/mol. The molecule has 1 aromatic heterocycles. The number of hydrogen-bond acceptors (Lipinski definition) is 7. The Hall–Kier alpha value is -1.78. The molecule has 0 fully saturated rings. The number of rotatable bonds is 6. The van der Waals surface area contributed by atoms with E-state index in [4.69, 9.17) is 5.84 Å². The number of sulfonamides is 1. The lowest BCUT2D eigenvalue weighted by molar-refractivity contribution is 0.0951. The van der Waals surface area contributed by atoms with E-state index in [0.717, 1.165) is 0 Å². The van der Waals surface area contributed by atoms with E-state index in [-0.39, 0.29) is 18.0 Å². The van der Waals surface area contributed by atoms with Gasteiger partial charge in [0.25, 0.3) is 5.91 Å². The summed E-state index contributed by atoms with van der Waals surface area (Å²) in [4.78, 5) is 19.1. The van der Waals surface area contributed by atoms with E-state index in [2.05, 4.69) is 25.4 Å². The predicted octanol–water partition coefficient (Wildman–Crippen LogP) is -1.96. The maximum Gasteiger partial charge on any atom is 0.271 e. The normalized spacial score (nSPS) is 11.0. The Morgan fingerprint density at radius 2 is 2.11 bits per heavy atom. The molecule has 1 aromatic rings. The monoisotopic (exact) mass is 274 g/mol. The smallest absolute Gasteiger partial charge is 0.271 e. The molecule has 0 radical (unpaired) electrons. The first kappa shape index (κ1) is 14.3. The van der Waals surface area contributed by atoms with Gasteiger partial charge in [0.1, 0.15) is 5.69 Å². The summed E-state index contributed by atoms with van der Waals surface area (Å²) in [6.45, 7) is -0.0133. The minimum absolute atomic E-state index is 0.0133. The van der Waals surface area contributed by atoms with E-state index in [9.17, 15) is 13.2 Å². The van der Waals surface area contributed by atoms with Gasteiger partial charge in [-0.05, 0) is 7.05 Å². The molecule has 0 aromatic carbocycles. The maximum absolute atomic E-state index is 11.5. The van der Waals surface area contributed by atoms with Crippen molar-refractivity contribution in [1.29, 1.82) is 0 Å².